The molecule has 0 unspecified atom stereocenters. The Morgan fingerprint density at radius 1 is 1.37 bits per heavy atom. The largest absolute Gasteiger partial charge is 0.464 e. The second-order valence-corrected chi connectivity index (χ2v) is 5.52. The van der Waals surface area contributed by atoms with Gasteiger partial charge in [-0.15, -0.1) is 5.10 Å². The van der Waals surface area contributed by atoms with E-state index in [1.165, 1.54) is 11.3 Å². The van der Waals surface area contributed by atoms with Crippen LogP contribution in [0.15, 0.2) is 24.3 Å². The molecule has 1 aromatic heterocycles. The molecule has 102 valence electrons. The number of rotatable bonds is 7. The van der Waals surface area contributed by atoms with Gasteiger partial charge in [0.25, 0.3) is 5.19 Å². The van der Waals surface area contributed by atoms with Gasteiger partial charge in [0, 0.05) is 11.6 Å². The monoisotopic (exact) mass is 297 g/mol. The van der Waals surface area contributed by atoms with Crippen molar-refractivity contribution in [1.82, 2.24) is 15.5 Å². The topological polar surface area (TPSA) is 47.0 Å². The lowest BCUT2D eigenvalue weighted by Gasteiger charge is -2.02. The summed E-state index contributed by atoms with van der Waals surface area (Å²) in [6, 6.07) is 7.59. The maximum atomic E-state index is 5.91. The van der Waals surface area contributed by atoms with Gasteiger partial charge in [-0.1, -0.05) is 47.1 Å². The van der Waals surface area contributed by atoms with Gasteiger partial charge in [0.15, 0.2) is 0 Å². The summed E-state index contributed by atoms with van der Waals surface area (Å²) in [4.78, 5) is 0. The van der Waals surface area contributed by atoms with Crippen LogP contribution in [0.4, 0.5) is 0 Å². The molecule has 0 amide bonds. The highest BCUT2D eigenvalue weighted by Crippen LogP contribution is 2.19. The molecule has 1 heterocycles. The first-order valence-electron chi connectivity index (χ1n) is 6.18. The zero-order valence-electron chi connectivity index (χ0n) is 10.7. The summed E-state index contributed by atoms with van der Waals surface area (Å²) in [6.45, 7) is 4.31. The molecule has 0 fully saturated rings. The minimum absolute atomic E-state index is 0.456. The van der Waals surface area contributed by atoms with E-state index in [4.69, 9.17) is 16.3 Å². The predicted molar refractivity (Wildman–Crippen MR) is 77.7 cm³/mol. The van der Waals surface area contributed by atoms with Crippen LogP contribution in [0.2, 0.25) is 5.02 Å². The van der Waals surface area contributed by atoms with Crippen molar-refractivity contribution in [3.8, 4) is 5.19 Å². The molecule has 1 N–H and O–H groups in total. The first kappa shape index (κ1) is 14.2. The summed E-state index contributed by atoms with van der Waals surface area (Å²) in [7, 11) is 0. The maximum Gasteiger partial charge on any atom is 0.294 e. The van der Waals surface area contributed by atoms with E-state index in [1.54, 1.807) is 0 Å². The van der Waals surface area contributed by atoms with Gasteiger partial charge in [-0.2, -0.15) is 0 Å². The summed E-state index contributed by atoms with van der Waals surface area (Å²) in [6.07, 6.45) is 1.11. The number of benzene rings is 1. The molecule has 0 aliphatic heterocycles. The smallest absolute Gasteiger partial charge is 0.294 e. The lowest BCUT2D eigenvalue weighted by Crippen LogP contribution is -2.13. The number of halogens is 1. The molecule has 4 nitrogen and oxygen atoms in total. The Balaban J connectivity index is 1.83. The highest BCUT2D eigenvalue weighted by molar-refractivity contribution is 7.13. The molecule has 6 heteroatoms. The minimum Gasteiger partial charge on any atom is -0.464 e. The number of nitrogens with one attached hydrogen (secondary N) is 1. The van der Waals surface area contributed by atoms with E-state index < -0.39 is 0 Å². The number of hydrogen-bond donors (Lipinski definition) is 1. The van der Waals surface area contributed by atoms with E-state index in [0.29, 0.717) is 16.8 Å². The van der Waals surface area contributed by atoms with Crippen molar-refractivity contribution < 1.29 is 4.74 Å². The Hall–Kier alpha value is -1.17. The SMILES string of the molecule is CCCNCc1nnc(OCc2cccc(Cl)c2)s1. The summed E-state index contributed by atoms with van der Waals surface area (Å²) in [5.41, 5.74) is 1.02. The van der Waals surface area contributed by atoms with E-state index in [-0.39, 0.29) is 0 Å². The number of hydrogen-bond acceptors (Lipinski definition) is 5. The highest BCUT2D eigenvalue weighted by atomic mass is 35.5. The summed E-state index contributed by atoms with van der Waals surface area (Å²) < 4.78 is 5.59. The third-order valence-electron chi connectivity index (χ3n) is 2.40. The van der Waals surface area contributed by atoms with Crippen molar-refractivity contribution in [3.63, 3.8) is 0 Å². The van der Waals surface area contributed by atoms with E-state index in [1.807, 2.05) is 24.3 Å². The average molecular weight is 298 g/mol. The number of nitrogens with zero attached hydrogens (tertiary/aromatic N) is 2. The molecule has 2 rings (SSSR count). The lowest BCUT2D eigenvalue weighted by molar-refractivity contribution is 0.302. The fourth-order valence-corrected chi connectivity index (χ4v) is 2.38. The molecular weight excluding hydrogens is 282 g/mol. The van der Waals surface area contributed by atoms with Crippen molar-refractivity contribution in [2.24, 2.45) is 0 Å². The quantitative estimate of drug-likeness (QED) is 0.797. The van der Waals surface area contributed by atoms with E-state index in [2.05, 4.69) is 22.4 Å². The molecule has 0 aliphatic rings. The molecule has 0 atom stereocenters. The van der Waals surface area contributed by atoms with Gasteiger partial charge in [0.05, 0.1) is 0 Å². The van der Waals surface area contributed by atoms with Gasteiger partial charge >= 0.3 is 0 Å². The highest BCUT2D eigenvalue weighted by Gasteiger charge is 2.05. The van der Waals surface area contributed by atoms with Gasteiger partial charge in [0.1, 0.15) is 11.6 Å². The van der Waals surface area contributed by atoms with E-state index in [9.17, 15) is 0 Å². The first-order valence-corrected chi connectivity index (χ1v) is 7.37. The van der Waals surface area contributed by atoms with Crippen LogP contribution in [-0.4, -0.2) is 16.7 Å². The Kier molecular flexibility index (Phi) is 5.57. The fourth-order valence-electron chi connectivity index (χ4n) is 1.51. The van der Waals surface area contributed by atoms with Gasteiger partial charge in [-0.3, -0.25) is 0 Å². The van der Waals surface area contributed by atoms with E-state index >= 15 is 0 Å². The van der Waals surface area contributed by atoms with Gasteiger partial charge in [0.2, 0.25) is 0 Å². The maximum absolute atomic E-state index is 5.91. The molecule has 0 spiro atoms. The van der Waals surface area contributed by atoms with Crippen LogP contribution in [0.5, 0.6) is 5.19 Å². The van der Waals surface area contributed by atoms with Crippen LogP contribution in [-0.2, 0) is 13.2 Å². The third-order valence-corrected chi connectivity index (χ3v) is 3.47. The summed E-state index contributed by atoms with van der Waals surface area (Å²) in [5, 5.41) is 13.6. The van der Waals surface area contributed by atoms with Crippen molar-refractivity contribution in [3.05, 3.63) is 39.9 Å². The van der Waals surface area contributed by atoms with Crippen molar-refractivity contribution >= 4 is 22.9 Å². The summed E-state index contributed by atoms with van der Waals surface area (Å²) >= 11 is 7.38. The van der Waals surface area contributed by atoms with Crippen LogP contribution in [0.25, 0.3) is 0 Å². The second kappa shape index (κ2) is 7.43. The molecule has 0 saturated heterocycles. The van der Waals surface area contributed by atoms with Crippen LogP contribution >= 0.6 is 22.9 Å². The minimum atomic E-state index is 0.456. The van der Waals surface area contributed by atoms with E-state index in [0.717, 1.165) is 30.1 Å². The molecule has 0 aliphatic carbocycles. The lowest BCUT2D eigenvalue weighted by atomic mass is 10.2. The Morgan fingerprint density at radius 2 is 2.26 bits per heavy atom. The van der Waals surface area contributed by atoms with Crippen LogP contribution in [0, 0.1) is 0 Å². The Labute approximate surface area is 121 Å². The molecular formula is C13H16ClN3OS. The van der Waals surface area contributed by atoms with Crippen molar-refractivity contribution in [2.45, 2.75) is 26.5 Å². The van der Waals surface area contributed by atoms with Crippen LogP contribution in [0.3, 0.4) is 0 Å². The summed E-state index contributed by atoms with van der Waals surface area (Å²) in [5.74, 6) is 0. The van der Waals surface area contributed by atoms with Crippen molar-refractivity contribution in [2.75, 3.05) is 6.54 Å². The molecule has 1 aromatic carbocycles. The number of ether oxygens (including phenoxy) is 1. The Morgan fingerprint density at radius 3 is 3.05 bits per heavy atom. The molecule has 0 bridgehead atoms. The average Bonchev–Trinajstić information content (AvgIpc) is 2.85. The van der Waals surface area contributed by atoms with Crippen LogP contribution < -0.4 is 10.1 Å². The Bertz CT molecular complexity index is 518. The van der Waals surface area contributed by atoms with Gasteiger partial charge < -0.3 is 10.1 Å². The normalized spacial score (nSPS) is 10.6. The fraction of sp³-hybridized carbons (Fsp3) is 0.385. The van der Waals surface area contributed by atoms with Gasteiger partial charge in [-0.25, -0.2) is 0 Å². The second-order valence-electron chi connectivity index (χ2n) is 4.06. The third kappa shape index (κ3) is 4.78. The van der Waals surface area contributed by atoms with Crippen LogP contribution in [0.1, 0.15) is 23.9 Å². The van der Waals surface area contributed by atoms with Gasteiger partial charge in [-0.05, 0) is 30.7 Å². The number of aromatic nitrogens is 2. The first-order chi connectivity index (χ1) is 9.28. The zero-order valence-corrected chi connectivity index (χ0v) is 12.3. The molecule has 0 saturated carbocycles. The van der Waals surface area contributed by atoms with Crippen molar-refractivity contribution in [1.29, 1.82) is 0 Å². The zero-order chi connectivity index (χ0) is 13.5. The molecule has 19 heavy (non-hydrogen) atoms. The standard InChI is InChI=1S/C13H16ClN3OS/c1-2-6-15-8-12-16-17-13(19-12)18-9-10-4-3-5-11(14)7-10/h3-5,7,15H,2,6,8-9H2,1H3. The molecule has 2 aromatic rings. The molecule has 0 radical (unpaired) electrons. The predicted octanol–water partition coefficient (Wildman–Crippen LogP) is 3.27.